The number of piperidine rings is 1. The van der Waals surface area contributed by atoms with Crippen molar-refractivity contribution < 1.29 is 14.6 Å². The Balaban J connectivity index is 0.989. The van der Waals surface area contributed by atoms with E-state index in [0.717, 1.165) is 62.4 Å². The molecule has 5 aliphatic rings. The first-order chi connectivity index (χ1) is 22.0. The summed E-state index contributed by atoms with van der Waals surface area (Å²) in [7, 11) is 1.63. The number of aliphatic hydroxyl groups is 1. The Morgan fingerprint density at radius 2 is 1.91 bits per heavy atom. The number of hydrogen-bond donors (Lipinski definition) is 1. The molecule has 0 spiro atoms. The highest BCUT2D eigenvalue weighted by Gasteiger charge is 2.46. The van der Waals surface area contributed by atoms with E-state index in [1.807, 2.05) is 36.8 Å². The van der Waals surface area contributed by atoms with Gasteiger partial charge in [0, 0.05) is 79.9 Å². The predicted octanol–water partition coefficient (Wildman–Crippen LogP) is 3.76. The molecule has 0 saturated carbocycles. The van der Waals surface area contributed by atoms with Gasteiger partial charge in [-0.2, -0.15) is 10.4 Å². The molecule has 5 aliphatic heterocycles. The van der Waals surface area contributed by atoms with Gasteiger partial charge in [0.1, 0.15) is 24.2 Å². The van der Waals surface area contributed by atoms with Crippen LogP contribution in [0.1, 0.15) is 36.8 Å². The lowest BCUT2D eigenvalue weighted by atomic mass is 9.87. The topological polar surface area (TPSA) is 115 Å². The molecule has 9 heterocycles. The second-order valence-corrected chi connectivity index (χ2v) is 13.0. The number of aliphatic hydroxyl groups excluding tert-OH is 1. The molecule has 45 heavy (non-hydrogen) atoms. The fourth-order valence-electron chi connectivity index (χ4n) is 7.93. The van der Waals surface area contributed by atoms with Crippen LogP contribution in [0.15, 0.2) is 49.1 Å². The predicted molar refractivity (Wildman–Crippen MR) is 169 cm³/mol. The number of nitriles is 1. The normalized spacial score (nSPS) is 25.8. The zero-order valence-electron chi connectivity index (χ0n) is 25.1. The van der Waals surface area contributed by atoms with Gasteiger partial charge in [0.05, 0.1) is 41.7 Å². The minimum Gasteiger partial charge on any atom is -0.491 e. The summed E-state index contributed by atoms with van der Waals surface area (Å²) in [5.41, 5.74) is 3.94. The molecule has 4 aromatic heterocycles. The summed E-state index contributed by atoms with van der Waals surface area (Å²) in [5.74, 6) is 2.06. The standard InChI is InChI=1S/C33H35ClN8O3/c1-44-31-5-2-20(13-36-31)16-41-24-9-25(41)18-39(17-24)33-28(34)8-21(14-37-33)27-11-26(19-42-32(27)22(12-35)15-38-42)45-7-6-40-23-3-4-29(40)30(43)10-23/h2,5,8,11,13-15,19,23-25,29-30,43H,3-4,6-7,9-10,16-18H2,1H3. The minimum atomic E-state index is -0.230. The summed E-state index contributed by atoms with van der Waals surface area (Å²) < 4.78 is 13.1. The van der Waals surface area contributed by atoms with E-state index < -0.39 is 0 Å². The van der Waals surface area contributed by atoms with Crippen LogP contribution >= 0.6 is 11.6 Å². The zero-order valence-corrected chi connectivity index (χ0v) is 25.8. The maximum absolute atomic E-state index is 10.3. The molecule has 9 rings (SSSR count). The largest absolute Gasteiger partial charge is 0.491 e. The van der Waals surface area contributed by atoms with Crippen molar-refractivity contribution in [3.63, 3.8) is 0 Å². The molecule has 12 heteroatoms. The van der Waals surface area contributed by atoms with E-state index in [0.29, 0.717) is 52.5 Å². The fourth-order valence-corrected chi connectivity index (χ4v) is 8.21. The van der Waals surface area contributed by atoms with E-state index in [1.54, 1.807) is 17.8 Å². The number of fused-ring (bicyclic) bond motifs is 5. The zero-order chi connectivity index (χ0) is 30.7. The summed E-state index contributed by atoms with van der Waals surface area (Å²) in [4.78, 5) is 16.4. The van der Waals surface area contributed by atoms with Crippen molar-refractivity contribution in [2.24, 2.45) is 0 Å². The van der Waals surface area contributed by atoms with Gasteiger partial charge in [0.25, 0.3) is 0 Å². The number of anilines is 1. The molecule has 5 atom stereocenters. The lowest BCUT2D eigenvalue weighted by molar-refractivity contribution is -0.00876. The first kappa shape index (κ1) is 28.5. The molecule has 5 fully saturated rings. The van der Waals surface area contributed by atoms with Gasteiger partial charge in [-0.05, 0) is 43.4 Å². The molecule has 5 unspecified atom stereocenters. The van der Waals surface area contributed by atoms with Crippen molar-refractivity contribution in [2.45, 2.75) is 62.5 Å². The van der Waals surface area contributed by atoms with Gasteiger partial charge in [-0.3, -0.25) is 9.80 Å². The van der Waals surface area contributed by atoms with Gasteiger partial charge in [-0.1, -0.05) is 17.7 Å². The molecular formula is C33H35ClN8O3. The van der Waals surface area contributed by atoms with Crippen molar-refractivity contribution in [1.82, 2.24) is 29.4 Å². The lowest BCUT2D eigenvalue weighted by Gasteiger charge is -2.56. The fraction of sp³-hybridized carbons (Fsp3) is 0.455. The quantitative estimate of drug-likeness (QED) is 0.294. The SMILES string of the molecule is COc1ccc(CN2C3CC2CN(c2ncc(-c4cc(OCCN5C6CCC5C(O)C6)cn5ncc(C#N)c45)cc2Cl)C3)cn1. The van der Waals surface area contributed by atoms with Gasteiger partial charge in [0.15, 0.2) is 0 Å². The molecule has 0 aromatic carbocycles. The summed E-state index contributed by atoms with van der Waals surface area (Å²) in [5, 5.41) is 25.1. The third kappa shape index (κ3) is 5.06. The summed E-state index contributed by atoms with van der Waals surface area (Å²) in [6, 6.07) is 11.7. The van der Waals surface area contributed by atoms with Gasteiger partial charge in [-0.25, -0.2) is 14.5 Å². The van der Waals surface area contributed by atoms with Crippen molar-refractivity contribution in [3.8, 4) is 28.8 Å². The molecule has 0 radical (unpaired) electrons. The van der Waals surface area contributed by atoms with E-state index in [9.17, 15) is 10.4 Å². The van der Waals surface area contributed by atoms with Crippen LogP contribution in [-0.2, 0) is 6.54 Å². The highest BCUT2D eigenvalue weighted by molar-refractivity contribution is 6.33. The van der Waals surface area contributed by atoms with Crippen LogP contribution in [0, 0.1) is 11.3 Å². The van der Waals surface area contributed by atoms with Crippen LogP contribution in [0.3, 0.4) is 0 Å². The second-order valence-electron chi connectivity index (χ2n) is 12.6. The highest BCUT2D eigenvalue weighted by atomic mass is 35.5. The number of aromatic nitrogens is 4. The number of piperazine rings is 1. The molecular weight excluding hydrogens is 592 g/mol. The third-order valence-electron chi connectivity index (χ3n) is 10.1. The van der Waals surface area contributed by atoms with Gasteiger partial charge in [-0.15, -0.1) is 0 Å². The van der Waals surface area contributed by atoms with E-state index in [2.05, 4.69) is 36.9 Å². The Morgan fingerprint density at radius 1 is 1.04 bits per heavy atom. The van der Waals surface area contributed by atoms with Crippen LogP contribution < -0.4 is 14.4 Å². The average Bonchev–Trinajstić information content (AvgIpc) is 3.75. The Kier molecular flexibility index (Phi) is 7.25. The monoisotopic (exact) mass is 626 g/mol. The molecule has 1 N–H and O–H groups in total. The van der Waals surface area contributed by atoms with E-state index in [1.165, 1.54) is 12.0 Å². The molecule has 5 saturated heterocycles. The molecule has 4 bridgehead atoms. The molecule has 232 valence electrons. The Morgan fingerprint density at radius 3 is 2.60 bits per heavy atom. The average molecular weight is 627 g/mol. The number of rotatable bonds is 9. The molecule has 11 nitrogen and oxygen atoms in total. The van der Waals surface area contributed by atoms with E-state index in [-0.39, 0.29) is 12.1 Å². The number of ether oxygens (including phenoxy) is 2. The van der Waals surface area contributed by atoms with Crippen LogP contribution in [0.25, 0.3) is 16.6 Å². The highest BCUT2D eigenvalue weighted by Crippen LogP contribution is 2.40. The third-order valence-corrected chi connectivity index (χ3v) is 10.4. The minimum absolute atomic E-state index is 0.230. The molecule has 4 aromatic rings. The van der Waals surface area contributed by atoms with Gasteiger partial charge in [0.2, 0.25) is 5.88 Å². The van der Waals surface area contributed by atoms with Crippen LogP contribution in [0.5, 0.6) is 11.6 Å². The van der Waals surface area contributed by atoms with Crippen molar-refractivity contribution in [3.05, 3.63) is 65.2 Å². The molecule has 0 amide bonds. The lowest BCUT2D eigenvalue weighted by Crippen LogP contribution is -2.68. The van der Waals surface area contributed by atoms with Crippen LogP contribution in [0.2, 0.25) is 5.02 Å². The van der Waals surface area contributed by atoms with Crippen LogP contribution in [0.4, 0.5) is 5.82 Å². The van der Waals surface area contributed by atoms with Crippen LogP contribution in [-0.4, -0.2) is 98.1 Å². The van der Waals surface area contributed by atoms with Gasteiger partial charge >= 0.3 is 0 Å². The Labute approximate surface area is 266 Å². The Bertz CT molecular complexity index is 1760. The summed E-state index contributed by atoms with van der Waals surface area (Å²) in [6.07, 6.45) is 11.1. The van der Waals surface area contributed by atoms with E-state index in [4.69, 9.17) is 26.1 Å². The maximum atomic E-state index is 10.3. The first-order valence-electron chi connectivity index (χ1n) is 15.6. The molecule has 0 aliphatic carbocycles. The van der Waals surface area contributed by atoms with Crippen molar-refractivity contribution in [1.29, 1.82) is 5.26 Å². The number of hydrogen-bond acceptors (Lipinski definition) is 10. The number of nitrogens with zero attached hydrogens (tertiary/aromatic N) is 8. The second kappa shape index (κ2) is 11.4. The van der Waals surface area contributed by atoms with E-state index >= 15 is 0 Å². The van der Waals surface area contributed by atoms with Crippen molar-refractivity contribution >= 4 is 22.9 Å². The summed E-state index contributed by atoms with van der Waals surface area (Å²) in [6.45, 7) is 3.84. The number of halogens is 1. The summed E-state index contributed by atoms with van der Waals surface area (Å²) >= 11 is 6.93. The smallest absolute Gasteiger partial charge is 0.212 e. The Hall–Kier alpha value is -3.95. The van der Waals surface area contributed by atoms with Crippen molar-refractivity contribution in [2.75, 3.05) is 38.3 Å². The maximum Gasteiger partial charge on any atom is 0.212 e. The van der Waals surface area contributed by atoms with Gasteiger partial charge < -0.3 is 19.5 Å². The number of pyridine rings is 3. The number of methoxy groups -OCH3 is 1. The first-order valence-corrected chi connectivity index (χ1v) is 16.0.